The molecule has 4 fully saturated rings. The smallest absolute Gasteiger partial charge is 0.272 e. The van der Waals surface area contributed by atoms with E-state index in [2.05, 4.69) is 45.9 Å². The Labute approximate surface area is 422 Å². The number of nitrogens with one attached hydrogen (secondary N) is 1. The molecule has 0 atom stereocenters. The van der Waals surface area contributed by atoms with Gasteiger partial charge in [0.2, 0.25) is 5.91 Å². The lowest BCUT2D eigenvalue weighted by Crippen LogP contribution is -2.63. The number of rotatable bonds is 11. The van der Waals surface area contributed by atoms with Crippen molar-refractivity contribution < 1.29 is 27.8 Å². The third-order valence-corrected chi connectivity index (χ3v) is 15.9. The standard InChI is InChI=1S/C53H59ClF2N12O4/c1-33(69)65-18-14-47-44(32-65)52(62-68(47)38-15-23-71-24-16-38)67-17-2-3-34-25-42(43(51(55)56)27-48(34)67)36-5-12-49(58-29-36)66-30-39(31-66)63-19-21-64(22-20-63)50-13-11-46(60-61-50)53(70)59-37-6-9-40(10-7-37)72-41-8-4-35(28-57)45(54)26-41/h4-5,8,11-13,25-27,29,37-40,51H,2-3,6-7,9-10,14-24,30-32H2,1H3,(H,59,70). The maximum atomic E-state index is 15.1. The number of benzene rings is 2. The Bertz CT molecular complexity index is 2830. The average Bonchev–Trinajstić information content (AvgIpc) is 3.78. The number of halogens is 3. The van der Waals surface area contributed by atoms with Crippen LogP contribution in [0.1, 0.15) is 103 Å². The minimum Gasteiger partial charge on any atom is -0.490 e. The van der Waals surface area contributed by atoms with Crippen molar-refractivity contribution >= 4 is 46.6 Å². The molecule has 2 aromatic carbocycles. The van der Waals surface area contributed by atoms with Crippen molar-refractivity contribution in [3.63, 3.8) is 0 Å². The van der Waals surface area contributed by atoms with Crippen molar-refractivity contribution in [2.24, 2.45) is 0 Å². The van der Waals surface area contributed by atoms with Crippen molar-refractivity contribution in [3.8, 4) is 22.9 Å². The number of fused-ring (bicyclic) bond motifs is 2. The number of anilines is 4. The van der Waals surface area contributed by atoms with Gasteiger partial charge in [-0.1, -0.05) is 11.6 Å². The summed E-state index contributed by atoms with van der Waals surface area (Å²) in [5.74, 6) is 2.76. The third kappa shape index (κ3) is 9.78. The predicted octanol–water partition coefficient (Wildman–Crippen LogP) is 7.67. The van der Waals surface area contributed by atoms with Gasteiger partial charge >= 0.3 is 0 Å². The molecule has 5 aromatic rings. The van der Waals surface area contributed by atoms with Crippen LogP contribution in [0.3, 0.4) is 0 Å². The maximum absolute atomic E-state index is 15.1. The molecule has 1 N–H and O–H groups in total. The van der Waals surface area contributed by atoms with Crippen molar-refractivity contribution in [2.45, 2.75) is 102 Å². The number of hydrogen-bond donors (Lipinski definition) is 1. The van der Waals surface area contributed by atoms with Gasteiger partial charge in [0.05, 0.1) is 29.3 Å². The van der Waals surface area contributed by atoms with Gasteiger partial charge in [0.25, 0.3) is 12.3 Å². The number of carbonyl (C=O) groups is 2. The van der Waals surface area contributed by atoms with E-state index in [1.807, 2.05) is 29.2 Å². The van der Waals surface area contributed by atoms with E-state index >= 15 is 8.78 Å². The highest BCUT2D eigenvalue weighted by molar-refractivity contribution is 6.31. The van der Waals surface area contributed by atoms with E-state index in [0.29, 0.717) is 72.8 Å². The van der Waals surface area contributed by atoms with Crippen LogP contribution in [-0.4, -0.2) is 130 Å². The fourth-order valence-corrected chi connectivity index (χ4v) is 11.6. The molecule has 6 aliphatic rings. The van der Waals surface area contributed by atoms with Gasteiger partial charge in [-0.25, -0.2) is 13.8 Å². The molecule has 72 heavy (non-hydrogen) atoms. The summed E-state index contributed by atoms with van der Waals surface area (Å²) in [5.41, 5.74) is 5.75. The Morgan fingerprint density at radius 3 is 2.36 bits per heavy atom. The summed E-state index contributed by atoms with van der Waals surface area (Å²) in [6.07, 6.45) is 6.21. The molecular weight excluding hydrogens is 942 g/mol. The molecule has 0 spiro atoms. The van der Waals surface area contributed by atoms with Gasteiger partial charge in [-0.15, -0.1) is 10.2 Å². The first-order valence-electron chi connectivity index (χ1n) is 25.4. The summed E-state index contributed by atoms with van der Waals surface area (Å²) in [5, 5.41) is 26.6. The highest BCUT2D eigenvalue weighted by Crippen LogP contribution is 2.44. The summed E-state index contributed by atoms with van der Waals surface area (Å²) < 4.78 is 44.2. The molecule has 376 valence electrons. The lowest BCUT2D eigenvalue weighted by Gasteiger charge is -2.48. The predicted molar refractivity (Wildman–Crippen MR) is 268 cm³/mol. The fraction of sp³-hybridized carbons (Fsp3) is 0.491. The number of aromatic nitrogens is 5. The first kappa shape index (κ1) is 47.9. The largest absolute Gasteiger partial charge is 0.490 e. The molecule has 11 rings (SSSR count). The molecule has 3 saturated heterocycles. The van der Waals surface area contributed by atoms with Gasteiger partial charge in [0.15, 0.2) is 17.3 Å². The lowest BCUT2D eigenvalue weighted by molar-refractivity contribution is -0.129. The molecule has 5 aliphatic heterocycles. The van der Waals surface area contributed by atoms with Gasteiger partial charge in [0.1, 0.15) is 17.6 Å². The van der Waals surface area contributed by atoms with Crippen molar-refractivity contribution in [3.05, 3.63) is 99.5 Å². The van der Waals surface area contributed by atoms with Gasteiger partial charge in [-0.05, 0) is 111 Å². The summed E-state index contributed by atoms with van der Waals surface area (Å²) in [7, 11) is 0. The Balaban J connectivity index is 0.677. The number of ether oxygens (including phenoxy) is 2. The van der Waals surface area contributed by atoms with E-state index in [9.17, 15) is 9.59 Å². The first-order valence-corrected chi connectivity index (χ1v) is 25.8. The number of piperazine rings is 1. The number of alkyl halides is 2. The fourth-order valence-electron chi connectivity index (χ4n) is 11.4. The zero-order chi connectivity index (χ0) is 49.5. The van der Waals surface area contributed by atoms with Crippen LogP contribution in [0.2, 0.25) is 5.02 Å². The molecule has 0 unspecified atom stereocenters. The van der Waals surface area contributed by atoms with E-state index < -0.39 is 6.43 Å². The molecule has 0 radical (unpaired) electrons. The Hall–Kier alpha value is -6.42. The van der Waals surface area contributed by atoms with Crippen molar-refractivity contribution in [1.82, 2.24) is 40.1 Å². The van der Waals surface area contributed by atoms with Gasteiger partial charge < -0.3 is 34.4 Å². The minimum atomic E-state index is -2.70. The van der Waals surface area contributed by atoms with Crippen molar-refractivity contribution in [1.29, 1.82) is 5.26 Å². The van der Waals surface area contributed by atoms with E-state index in [0.717, 1.165) is 131 Å². The zero-order valence-electron chi connectivity index (χ0n) is 40.5. The number of hydrogen-bond acceptors (Lipinski definition) is 13. The number of amides is 2. The van der Waals surface area contributed by atoms with Crippen molar-refractivity contribution in [2.75, 3.05) is 80.3 Å². The normalized spacial score (nSPS) is 20.9. The highest BCUT2D eigenvalue weighted by Gasteiger charge is 2.37. The Morgan fingerprint density at radius 2 is 1.67 bits per heavy atom. The third-order valence-electron chi connectivity index (χ3n) is 15.6. The summed E-state index contributed by atoms with van der Waals surface area (Å²) >= 11 is 6.17. The maximum Gasteiger partial charge on any atom is 0.272 e. The topological polar surface area (TPSA) is 161 Å². The minimum absolute atomic E-state index is 0.00982. The molecule has 3 aromatic heterocycles. The van der Waals surface area contributed by atoms with Crippen LogP contribution < -0.4 is 24.8 Å². The first-order chi connectivity index (χ1) is 35.1. The van der Waals surface area contributed by atoms with Crippen LogP contribution in [0.5, 0.6) is 5.75 Å². The quantitative estimate of drug-likeness (QED) is 0.137. The molecule has 1 saturated carbocycles. The second-order valence-electron chi connectivity index (χ2n) is 19.9. The SMILES string of the molecule is CC(=O)N1CCc2c(c(N3CCCc4cc(-c5ccc(N6CC(N7CCN(c8ccc(C(=O)NC9CCC(Oc%10ccc(C#N)c(Cl)c%10)CC9)nn8)CC7)C6)nc5)c(C(F)F)cc43)nn2C2CCOCC2)C1. The number of pyridine rings is 1. The van der Waals surface area contributed by atoms with E-state index in [4.69, 9.17) is 36.4 Å². The average molecular weight is 1000 g/mol. The number of aryl methyl sites for hydroxylation is 1. The lowest BCUT2D eigenvalue weighted by atomic mass is 9.92. The van der Waals surface area contributed by atoms with E-state index in [1.54, 1.807) is 43.5 Å². The van der Waals surface area contributed by atoms with E-state index in [1.165, 1.54) is 0 Å². The number of carbonyl (C=O) groups excluding carboxylic acids is 2. The van der Waals surface area contributed by atoms with Crippen LogP contribution in [0.25, 0.3) is 11.1 Å². The second kappa shape index (κ2) is 20.6. The van der Waals surface area contributed by atoms with Crippen LogP contribution in [0.4, 0.5) is 31.9 Å². The molecule has 16 nitrogen and oxygen atoms in total. The molecule has 1 aliphatic carbocycles. The molecule has 8 heterocycles. The molecule has 19 heteroatoms. The van der Waals surface area contributed by atoms with Crippen LogP contribution >= 0.6 is 11.6 Å². The summed E-state index contributed by atoms with van der Waals surface area (Å²) in [4.78, 5) is 41.4. The molecule has 0 bridgehead atoms. The van der Waals surface area contributed by atoms with Crippen LogP contribution in [-0.2, 0) is 28.9 Å². The second-order valence-corrected chi connectivity index (χ2v) is 20.3. The molecular formula is C53H59ClF2N12O4. The summed E-state index contributed by atoms with van der Waals surface area (Å²) in [6.45, 7) is 9.65. The number of nitrogens with zero attached hydrogens (tertiary/aromatic N) is 11. The van der Waals surface area contributed by atoms with Gasteiger partial charge in [-0.2, -0.15) is 10.4 Å². The Morgan fingerprint density at radius 1 is 0.875 bits per heavy atom. The Kier molecular flexibility index (Phi) is 13.7. The van der Waals surface area contributed by atoms with E-state index in [-0.39, 0.29) is 41.3 Å². The van der Waals surface area contributed by atoms with Gasteiger partial charge in [-0.3, -0.25) is 19.2 Å². The zero-order valence-corrected chi connectivity index (χ0v) is 41.2. The molecule has 2 amide bonds. The highest BCUT2D eigenvalue weighted by atomic mass is 35.5. The van der Waals surface area contributed by atoms with Crippen LogP contribution in [0, 0.1) is 11.3 Å². The van der Waals surface area contributed by atoms with Crippen LogP contribution in [0.15, 0.2) is 60.8 Å². The number of nitriles is 1. The van der Waals surface area contributed by atoms with Gasteiger partial charge in [0, 0.05) is 131 Å². The monoisotopic (exact) mass is 1000 g/mol. The summed E-state index contributed by atoms with van der Waals surface area (Å²) in [6, 6.07) is 18.8.